The maximum absolute atomic E-state index is 4.57. The summed E-state index contributed by atoms with van der Waals surface area (Å²) in [7, 11) is 0. The van der Waals surface area contributed by atoms with E-state index in [1.807, 2.05) is 42.6 Å². The third kappa shape index (κ3) is 9.62. The molecular weight excluding hydrogens is 637 g/mol. The molecule has 0 aliphatic carbocycles. The molecule has 0 N–H and O–H groups in total. The van der Waals surface area contributed by atoms with Gasteiger partial charge >= 0.3 is 30.2 Å². The molecule has 0 unspecified atom stereocenters. The molecule has 0 atom stereocenters. The van der Waals surface area contributed by atoms with Gasteiger partial charge < -0.3 is 7.43 Å². The number of pyridine rings is 1. The van der Waals surface area contributed by atoms with E-state index in [4.69, 9.17) is 0 Å². The van der Waals surface area contributed by atoms with Crippen LogP contribution in [0.25, 0.3) is 43.6 Å². The molecule has 0 saturated carbocycles. The molecule has 0 fully saturated rings. The van der Waals surface area contributed by atoms with E-state index in [-0.39, 0.29) is 32.2 Å². The first-order valence-electron chi connectivity index (χ1n) is 12.5. The predicted molar refractivity (Wildman–Crippen MR) is 181 cm³/mol. The Hall–Kier alpha value is -2.81. The number of benzene rings is 4. The molecule has 7 rings (SSSR count). The molecule has 1 nitrogen and oxygen atoms in total. The van der Waals surface area contributed by atoms with Crippen LogP contribution < -0.4 is 0 Å². The van der Waals surface area contributed by atoms with E-state index in [1.165, 1.54) is 72.5 Å². The van der Waals surface area contributed by atoms with Crippen LogP contribution in [0.2, 0.25) is 0 Å². The van der Waals surface area contributed by atoms with E-state index < -0.39 is 0 Å². The van der Waals surface area contributed by atoms with Gasteiger partial charge in [-0.1, -0.05) is 55.8 Å². The summed E-state index contributed by atoms with van der Waals surface area (Å²) in [6.07, 6.45) is 1.86. The van der Waals surface area contributed by atoms with Crippen molar-refractivity contribution < 1.29 is 23.3 Å². The van der Waals surface area contributed by atoms with Crippen LogP contribution in [-0.2, 0) is 23.3 Å². The number of para-hydroxylation sites is 1. The van der Waals surface area contributed by atoms with Gasteiger partial charge in [-0.3, -0.25) is 4.98 Å². The van der Waals surface area contributed by atoms with Gasteiger partial charge in [0, 0.05) is 11.6 Å². The quantitative estimate of drug-likeness (QED) is 0.125. The molecular formula is C36H33Cl2NSiZr-4. The molecule has 7 aromatic rings. The first-order valence-corrected chi connectivity index (χ1v) is 16.7. The minimum atomic E-state index is 0. The second-order valence-electron chi connectivity index (χ2n) is 8.96. The number of hydrogen-bond acceptors (Lipinski definition) is 1. The number of rotatable bonds is 1. The predicted octanol–water partition coefficient (Wildman–Crippen LogP) is 10.3. The molecule has 0 amide bonds. The Bertz CT molecular complexity index is 1680. The zero-order valence-corrected chi connectivity index (χ0v) is 28.6. The molecule has 208 valence electrons. The summed E-state index contributed by atoms with van der Waals surface area (Å²) < 4.78 is 0. The van der Waals surface area contributed by atoms with Crippen molar-refractivity contribution in [3.8, 4) is 11.1 Å². The Morgan fingerprint density at radius 1 is 0.634 bits per heavy atom. The van der Waals surface area contributed by atoms with Gasteiger partial charge in [-0.15, -0.1) is 100.0 Å². The van der Waals surface area contributed by atoms with Gasteiger partial charge in [0.25, 0.3) is 0 Å². The molecule has 41 heavy (non-hydrogen) atoms. The average Bonchev–Trinajstić information content (AvgIpc) is 3.56. The number of halogens is 2. The fraction of sp³-hybridized carbons (Fsp3) is 0.0556. The summed E-state index contributed by atoms with van der Waals surface area (Å²) in [6, 6.07) is 46.8. The van der Waals surface area contributed by atoms with E-state index in [1.54, 1.807) is 0 Å². The van der Waals surface area contributed by atoms with Crippen LogP contribution in [0.3, 0.4) is 0 Å². The second kappa shape index (κ2) is 18.6. The normalized spacial score (nSPS) is 9.29. The van der Waals surface area contributed by atoms with Crippen molar-refractivity contribution in [2.45, 2.75) is 13.8 Å². The molecule has 0 aliphatic rings. The van der Waals surface area contributed by atoms with Crippen LogP contribution in [0, 0.1) is 27.3 Å². The first-order chi connectivity index (χ1) is 18.7. The van der Waals surface area contributed by atoms with Crippen molar-refractivity contribution in [1.82, 2.24) is 4.98 Å². The van der Waals surface area contributed by atoms with Gasteiger partial charge in [0.2, 0.25) is 0 Å². The van der Waals surface area contributed by atoms with Gasteiger partial charge in [-0.2, -0.15) is 48.5 Å². The number of nitrogens with zero attached hydrogens (tertiary/aromatic N) is 1. The molecule has 0 spiro atoms. The smallest absolute Gasteiger partial charge is 0.171 e. The van der Waals surface area contributed by atoms with Crippen LogP contribution >= 0.6 is 24.8 Å². The summed E-state index contributed by atoms with van der Waals surface area (Å²) in [5, 5.41) is 6.49. The summed E-state index contributed by atoms with van der Waals surface area (Å²) in [6.45, 7) is 7.33. The Morgan fingerprint density at radius 2 is 1.22 bits per heavy atom. The monoisotopic (exact) mass is 667 g/mol. The standard InChI is InChI=1S/C19H14N.C10H9.C6H5.CH3.2ClH.Si.Zr/c1-13-11-15-6-3-8-16(18(15)12-13)17-9-2-5-14-7-4-10-20-19(14)17;1-8-6-9-4-2-3-5-10(9)7-8;1-2-4-6-5-3-1;;;;;/h2-12H,1H3;2-7H,1H3;1-5H;1H3;2*1H;;/q4*-1;;;;. The number of hydrogen-bond donors (Lipinski definition) is 0. The molecule has 1 aromatic heterocycles. The van der Waals surface area contributed by atoms with Crippen molar-refractivity contribution >= 4 is 64.1 Å². The SMILES string of the molecule is Cc1cc2c(-c3cccc4cccnc34)cccc2[cH-]1.Cc1cc2ccccc2[cH-]1.Cl.Cl.[CH3-].[Si]=[Zr].[c-]1ccccc1. The Morgan fingerprint density at radius 3 is 1.90 bits per heavy atom. The largest absolute Gasteiger partial charge is 0.184 e. The molecule has 1 heterocycles. The summed E-state index contributed by atoms with van der Waals surface area (Å²) in [5.74, 6) is 0. The Labute approximate surface area is 273 Å². The fourth-order valence-electron chi connectivity index (χ4n) is 4.59. The van der Waals surface area contributed by atoms with Gasteiger partial charge in [0.05, 0.1) is 5.52 Å². The Kier molecular flexibility index (Phi) is 16.4. The van der Waals surface area contributed by atoms with E-state index in [0.29, 0.717) is 0 Å². The topological polar surface area (TPSA) is 12.9 Å². The van der Waals surface area contributed by atoms with E-state index in [2.05, 4.69) is 123 Å². The number of aryl methyl sites for hydroxylation is 2. The third-order valence-corrected chi connectivity index (χ3v) is 6.19. The minimum Gasteiger partial charge on any atom is -0.184 e. The molecule has 5 heteroatoms. The zero-order valence-electron chi connectivity index (χ0n) is 23.5. The summed E-state index contributed by atoms with van der Waals surface area (Å²) in [5.41, 5.74) is 6.20. The fourth-order valence-corrected chi connectivity index (χ4v) is 4.59. The van der Waals surface area contributed by atoms with Crippen LogP contribution in [0.1, 0.15) is 11.1 Å². The van der Waals surface area contributed by atoms with Crippen molar-refractivity contribution in [3.63, 3.8) is 0 Å². The molecule has 2 radical (unpaired) electrons. The van der Waals surface area contributed by atoms with Gasteiger partial charge in [0.1, 0.15) is 0 Å². The van der Waals surface area contributed by atoms with E-state index >= 15 is 0 Å². The summed E-state index contributed by atoms with van der Waals surface area (Å²) >= 11 is 1.36. The van der Waals surface area contributed by atoms with Crippen molar-refractivity contribution in [1.29, 1.82) is 0 Å². The van der Waals surface area contributed by atoms with Crippen molar-refractivity contribution in [3.05, 3.63) is 158 Å². The van der Waals surface area contributed by atoms with Crippen molar-refractivity contribution in [2.75, 3.05) is 0 Å². The van der Waals surface area contributed by atoms with E-state index in [9.17, 15) is 0 Å². The van der Waals surface area contributed by atoms with Crippen molar-refractivity contribution in [2.24, 2.45) is 0 Å². The van der Waals surface area contributed by atoms with Gasteiger partial charge in [0.15, 0.2) is 0 Å². The molecule has 0 aliphatic heterocycles. The first kappa shape index (κ1) is 36.2. The maximum Gasteiger partial charge on any atom is -0.171 e. The zero-order chi connectivity index (χ0) is 26.7. The second-order valence-corrected chi connectivity index (χ2v) is 8.96. The Balaban J connectivity index is 0.000000338. The molecule has 0 saturated heterocycles. The third-order valence-electron chi connectivity index (χ3n) is 6.19. The molecule has 6 aromatic carbocycles. The van der Waals surface area contributed by atoms with Crippen LogP contribution in [-0.4, -0.2) is 11.9 Å². The number of fused-ring (bicyclic) bond motifs is 3. The van der Waals surface area contributed by atoms with Crippen LogP contribution in [0.4, 0.5) is 0 Å². The number of aromatic nitrogens is 1. The molecule has 0 bridgehead atoms. The van der Waals surface area contributed by atoms with E-state index in [0.717, 1.165) is 5.52 Å². The van der Waals surface area contributed by atoms with Gasteiger partial charge in [-0.25, -0.2) is 0 Å². The minimum absolute atomic E-state index is 0. The maximum atomic E-state index is 4.57. The average molecular weight is 670 g/mol. The van der Waals surface area contributed by atoms with Crippen LogP contribution in [0.5, 0.6) is 0 Å². The van der Waals surface area contributed by atoms with Crippen LogP contribution in [0.15, 0.2) is 134 Å². The van der Waals surface area contributed by atoms with Gasteiger partial charge in [-0.05, 0) is 11.6 Å². The summed E-state index contributed by atoms with van der Waals surface area (Å²) in [4.78, 5) is 4.57.